The predicted molar refractivity (Wildman–Crippen MR) is 130 cm³/mol. The second-order valence-electron chi connectivity index (χ2n) is 9.46. The lowest BCUT2D eigenvalue weighted by Gasteiger charge is -2.41. The maximum Gasteiger partial charge on any atom is 0.460 e. The van der Waals surface area contributed by atoms with Gasteiger partial charge in [0, 0.05) is 23.5 Å². The Hall–Kier alpha value is -3.83. The van der Waals surface area contributed by atoms with E-state index in [0.717, 1.165) is 24.3 Å². The number of aromatic nitrogens is 1. The molecule has 0 unspecified atom stereocenters. The van der Waals surface area contributed by atoms with E-state index in [2.05, 4.69) is 4.98 Å². The van der Waals surface area contributed by atoms with E-state index in [1.165, 1.54) is 55.8 Å². The zero-order chi connectivity index (χ0) is 29.7. The SMILES string of the molecule is COc1ccc2[nH]cc([C@@](CC(F)(F)C(F)(F)C(F)(F)C(F)(F)F)(c3ccc(C)cc3)c3ccc(O)cc3)c2c1. The van der Waals surface area contributed by atoms with Crippen LogP contribution in [-0.4, -0.2) is 41.1 Å². The average molecular weight is 575 g/mol. The minimum Gasteiger partial charge on any atom is -0.508 e. The minimum atomic E-state index is -7.05. The highest BCUT2D eigenvalue weighted by molar-refractivity contribution is 5.87. The van der Waals surface area contributed by atoms with Crippen molar-refractivity contribution < 1.29 is 49.4 Å². The Morgan fingerprint density at radius 1 is 0.750 bits per heavy atom. The van der Waals surface area contributed by atoms with E-state index in [4.69, 9.17) is 4.74 Å². The third-order valence-electron chi connectivity index (χ3n) is 6.95. The van der Waals surface area contributed by atoms with Crippen molar-refractivity contribution in [3.63, 3.8) is 0 Å². The molecule has 2 N–H and O–H groups in total. The second-order valence-corrected chi connectivity index (χ2v) is 9.46. The van der Waals surface area contributed by atoms with Crippen LogP contribution in [0, 0.1) is 6.92 Å². The van der Waals surface area contributed by atoms with Gasteiger partial charge in [-0.3, -0.25) is 0 Å². The summed E-state index contributed by atoms with van der Waals surface area (Å²) in [5.41, 5.74) is -1.88. The Labute approximate surface area is 222 Å². The Kier molecular flexibility index (Phi) is 7.05. The molecule has 0 saturated carbocycles. The minimum absolute atomic E-state index is 0.0988. The number of nitrogens with one attached hydrogen (secondary N) is 1. The molecule has 0 radical (unpaired) electrons. The van der Waals surface area contributed by atoms with Crippen molar-refractivity contribution in [3.8, 4) is 11.5 Å². The number of alkyl halides is 9. The highest BCUT2D eigenvalue weighted by Gasteiger charge is 2.82. The quantitative estimate of drug-likeness (QED) is 0.207. The average Bonchev–Trinajstić information content (AvgIpc) is 3.31. The van der Waals surface area contributed by atoms with E-state index in [0.29, 0.717) is 11.1 Å². The number of fused-ring (bicyclic) bond motifs is 1. The third kappa shape index (κ3) is 4.52. The van der Waals surface area contributed by atoms with Gasteiger partial charge in [0.25, 0.3) is 0 Å². The Morgan fingerprint density at radius 3 is 1.82 bits per heavy atom. The third-order valence-corrected chi connectivity index (χ3v) is 6.95. The molecule has 1 atom stereocenters. The van der Waals surface area contributed by atoms with Crippen LogP contribution < -0.4 is 4.74 Å². The summed E-state index contributed by atoms with van der Waals surface area (Å²) in [7, 11) is 1.31. The molecule has 0 saturated heterocycles. The molecule has 3 aromatic carbocycles. The lowest BCUT2D eigenvalue weighted by atomic mass is 9.65. The van der Waals surface area contributed by atoms with Crippen LogP contribution in [0.4, 0.5) is 39.5 Å². The van der Waals surface area contributed by atoms with E-state index in [1.807, 2.05) is 0 Å². The predicted octanol–water partition coefficient (Wildman–Crippen LogP) is 8.38. The van der Waals surface area contributed by atoms with Gasteiger partial charge in [-0.1, -0.05) is 42.0 Å². The van der Waals surface area contributed by atoms with Crippen LogP contribution >= 0.6 is 0 Å². The van der Waals surface area contributed by atoms with Crippen molar-refractivity contribution in [3.05, 3.63) is 95.2 Å². The first-order chi connectivity index (χ1) is 18.5. The number of ether oxygens (including phenoxy) is 1. The summed E-state index contributed by atoms with van der Waals surface area (Å²) < 4.78 is 133. The number of hydrogen-bond acceptors (Lipinski definition) is 2. The van der Waals surface area contributed by atoms with Gasteiger partial charge in [-0.05, 0) is 53.9 Å². The van der Waals surface area contributed by atoms with Crippen LogP contribution in [0.1, 0.15) is 28.7 Å². The molecular formula is C28H22F9NO2. The van der Waals surface area contributed by atoms with Crippen LogP contribution in [-0.2, 0) is 5.41 Å². The number of methoxy groups -OCH3 is 1. The maximum atomic E-state index is 15.6. The van der Waals surface area contributed by atoms with Gasteiger partial charge in [0.15, 0.2) is 0 Å². The number of hydrogen-bond donors (Lipinski definition) is 2. The molecule has 1 aromatic heterocycles. The maximum absolute atomic E-state index is 15.6. The van der Waals surface area contributed by atoms with Gasteiger partial charge < -0.3 is 14.8 Å². The number of benzene rings is 3. The molecule has 3 nitrogen and oxygen atoms in total. The largest absolute Gasteiger partial charge is 0.508 e. The van der Waals surface area contributed by atoms with Crippen LogP contribution in [0.25, 0.3) is 10.9 Å². The van der Waals surface area contributed by atoms with Gasteiger partial charge in [-0.25, -0.2) is 0 Å². The molecule has 40 heavy (non-hydrogen) atoms. The van der Waals surface area contributed by atoms with Crippen LogP contribution in [0.2, 0.25) is 0 Å². The van der Waals surface area contributed by atoms with Crippen molar-refractivity contribution in [1.82, 2.24) is 4.98 Å². The smallest absolute Gasteiger partial charge is 0.460 e. The number of aromatic amines is 1. The molecule has 0 amide bonds. The standard InChI is InChI=1S/C28H22F9NO2/c1-16-3-5-17(6-4-16)24(18-7-9-19(39)10-8-18,22-14-38-23-12-11-20(40-2)13-21(22)23)15-25(29,30)26(31,32)27(33,34)28(35,36)37/h3-14,38-39H,15H2,1-2H3/t24-/m0/s1. The monoisotopic (exact) mass is 575 g/mol. The number of halogens is 9. The normalized spacial score (nSPS) is 14.8. The van der Waals surface area contributed by atoms with Gasteiger partial charge in [-0.15, -0.1) is 0 Å². The van der Waals surface area contributed by atoms with E-state index in [1.54, 1.807) is 6.92 Å². The summed E-state index contributed by atoms with van der Waals surface area (Å²) in [6, 6.07) is 14.3. The van der Waals surface area contributed by atoms with Gasteiger partial charge >= 0.3 is 23.9 Å². The molecule has 0 aliphatic carbocycles. The molecule has 214 valence electrons. The Bertz CT molecular complexity index is 1450. The molecule has 0 aliphatic heterocycles. The van der Waals surface area contributed by atoms with Crippen molar-refractivity contribution in [2.24, 2.45) is 0 Å². The lowest BCUT2D eigenvalue weighted by Crippen LogP contribution is -2.62. The fraction of sp³-hybridized carbons (Fsp3) is 0.286. The molecule has 4 aromatic rings. The first kappa shape index (κ1) is 29.2. The number of H-pyrrole nitrogens is 1. The molecule has 12 heteroatoms. The lowest BCUT2D eigenvalue weighted by molar-refractivity contribution is -0.397. The Balaban J connectivity index is 2.11. The summed E-state index contributed by atoms with van der Waals surface area (Å²) in [5, 5.41) is 10.0. The number of rotatable bonds is 8. The zero-order valence-corrected chi connectivity index (χ0v) is 20.9. The number of phenolic OH excluding ortho intramolecular Hbond substituents is 1. The Morgan fingerprint density at radius 2 is 1.30 bits per heavy atom. The fourth-order valence-electron chi connectivity index (χ4n) is 4.79. The van der Waals surface area contributed by atoms with Gasteiger partial charge in [-0.2, -0.15) is 39.5 Å². The number of aromatic hydroxyl groups is 1. The van der Waals surface area contributed by atoms with Crippen molar-refractivity contribution in [2.75, 3.05) is 7.11 Å². The van der Waals surface area contributed by atoms with E-state index < -0.39 is 35.8 Å². The van der Waals surface area contributed by atoms with E-state index in [-0.39, 0.29) is 33.6 Å². The summed E-state index contributed by atoms with van der Waals surface area (Å²) in [6.45, 7) is 1.65. The van der Waals surface area contributed by atoms with Gasteiger partial charge in [0.1, 0.15) is 11.5 Å². The molecule has 1 heterocycles. The fourth-order valence-corrected chi connectivity index (χ4v) is 4.79. The topological polar surface area (TPSA) is 45.2 Å². The highest BCUT2D eigenvalue weighted by Crippen LogP contribution is 2.58. The summed E-state index contributed by atoms with van der Waals surface area (Å²) in [6.07, 6.45) is -7.96. The summed E-state index contributed by atoms with van der Waals surface area (Å²) in [5.74, 6) is -19.9. The van der Waals surface area contributed by atoms with Crippen molar-refractivity contribution in [1.29, 1.82) is 0 Å². The van der Waals surface area contributed by atoms with E-state index >= 15 is 8.78 Å². The van der Waals surface area contributed by atoms with Crippen LogP contribution in [0.5, 0.6) is 11.5 Å². The van der Waals surface area contributed by atoms with Gasteiger partial charge in [0.2, 0.25) is 0 Å². The zero-order valence-electron chi connectivity index (χ0n) is 20.9. The van der Waals surface area contributed by atoms with Gasteiger partial charge in [0.05, 0.1) is 12.5 Å². The van der Waals surface area contributed by atoms with Crippen LogP contribution in [0.15, 0.2) is 72.9 Å². The van der Waals surface area contributed by atoms with Crippen molar-refractivity contribution in [2.45, 2.75) is 42.7 Å². The van der Waals surface area contributed by atoms with E-state index in [9.17, 15) is 35.8 Å². The second kappa shape index (κ2) is 9.67. The molecule has 0 fully saturated rings. The molecular weight excluding hydrogens is 553 g/mol. The summed E-state index contributed by atoms with van der Waals surface area (Å²) in [4.78, 5) is 2.82. The molecule has 0 aliphatic rings. The number of aryl methyl sites for hydroxylation is 1. The van der Waals surface area contributed by atoms with Crippen LogP contribution in [0.3, 0.4) is 0 Å². The molecule has 0 spiro atoms. The first-order valence-electron chi connectivity index (χ1n) is 11.7. The molecule has 4 rings (SSSR count). The highest BCUT2D eigenvalue weighted by atomic mass is 19.4. The number of phenols is 1. The summed E-state index contributed by atoms with van der Waals surface area (Å²) >= 11 is 0. The van der Waals surface area contributed by atoms with Crippen molar-refractivity contribution >= 4 is 10.9 Å². The molecule has 0 bridgehead atoms. The first-order valence-corrected chi connectivity index (χ1v) is 11.7.